The van der Waals surface area contributed by atoms with E-state index in [1.165, 1.54) is 12.1 Å². The smallest absolute Gasteiger partial charge is 0.387 e. The van der Waals surface area contributed by atoms with Crippen molar-refractivity contribution in [3.63, 3.8) is 0 Å². The molecule has 72 valence electrons. The van der Waals surface area contributed by atoms with E-state index in [0.717, 1.165) is 5.56 Å². The zero-order valence-electron chi connectivity index (χ0n) is 7.13. The molecule has 0 aliphatic heterocycles. The predicted molar refractivity (Wildman–Crippen MR) is 43.7 cm³/mol. The van der Waals surface area contributed by atoms with Crippen LogP contribution < -0.4 is 4.74 Å². The van der Waals surface area contributed by atoms with Gasteiger partial charge in [0.25, 0.3) is 0 Å². The van der Waals surface area contributed by atoms with E-state index in [9.17, 15) is 8.78 Å². The summed E-state index contributed by atoms with van der Waals surface area (Å²) in [6.45, 7) is -1.26. The van der Waals surface area contributed by atoms with Crippen LogP contribution in [0.3, 0.4) is 0 Å². The number of hydrogen-bond acceptors (Lipinski definition) is 2. The number of halogens is 2. The third-order valence-electron chi connectivity index (χ3n) is 1.52. The van der Waals surface area contributed by atoms with E-state index in [2.05, 4.69) is 4.74 Å². The van der Waals surface area contributed by atoms with Crippen LogP contribution >= 0.6 is 0 Å². The largest absolute Gasteiger partial charge is 0.435 e. The normalized spacial score (nSPS) is 10.5. The number of aryl methyl sites for hydroxylation is 1. The van der Waals surface area contributed by atoms with Crippen LogP contribution in [0.5, 0.6) is 5.75 Å². The molecule has 1 aromatic rings. The second kappa shape index (κ2) is 4.18. The lowest BCUT2D eigenvalue weighted by Crippen LogP contribution is -2.02. The van der Waals surface area contributed by atoms with Gasteiger partial charge in [0.2, 0.25) is 0 Å². The summed E-state index contributed by atoms with van der Waals surface area (Å²) in [5.41, 5.74) is 1.35. The number of aliphatic hydroxyl groups excluding tert-OH is 1. The Hall–Kier alpha value is -1.16. The van der Waals surface area contributed by atoms with Gasteiger partial charge in [0, 0.05) is 0 Å². The van der Waals surface area contributed by atoms with Crippen LogP contribution in [0.4, 0.5) is 8.78 Å². The molecule has 0 radical (unpaired) electrons. The maximum atomic E-state index is 11.8. The molecule has 1 aromatic carbocycles. The molecule has 13 heavy (non-hydrogen) atoms. The van der Waals surface area contributed by atoms with Crippen molar-refractivity contribution in [2.75, 3.05) is 0 Å². The molecular weight excluding hydrogens is 178 g/mol. The van der Waals surface area contributed by atoms with E-state index in [-0.39, 0.29) is 12.4 Å². The average Bonchev–Trinajstić information content (AvgIpc) is 2.01. The van der Waals surface area contributed by atoms with Gasteiger partial charge in [-0.1, -0.05) is 6.07 Å². The monoisotopic (exact) mass is 188 g/mol. The Labute approximate surface area is 74.8 Å². The van der Waals surface area contributed by atoms with Crippen LogP contribution in [0.25, 0.3) is 0 Å². The maximum absolute atomic E-state index is 11.8. The van der Waals surface area contributed by atoms with Gasteiger partial charge >= 0.3 is 6.61 Å². The molecule has 0 spiro atoms. The van der Waals surface area contributed by atoms with Crippen molar-refractivity contribution in [3.05, 3.63) is 29.3 Å². The topological polar surface area (TPSA) is 29.5 Å². The molecule has 1 N–H and O–H groups in total. The van der Waals surface area contributed by atoms with E-state index in [1.54, 1.807) is 13.0 Å². The minimum atomic E-state index is -2.83. The fraction of sp³-hybridized carbons (Fsp3) is 0.333. The minimum absolute atomic E-state index is 0.0825. The third-order valence-corrected chi connectivity index (χ3v) is 1.52. The highest BCUT2D eigenvalue weighted by Gasteiger charge is 2.05. The molecule has 0 aromatic heterocycles. The zero-order chi connectivity index (χ0) is 9.84. The number of aliphatic hydroxyl groups is 1. The van der Waals surface area contributed by atoms with Crippen molar-refractivity contribution in [2.24, 2.45) is 0 Å². The Bertz CT molecular complexity index is 287. The van der Waals surface area contributed by atoms with Crippen molar-refractivity contribution >= 4 is 0 Å². The highest BCUT2D eigenvalue weighted by molar-refractivity contribution is 5.33. The Morgan fingerprint density at radius 1 is 1.38 bits per heavy atom. The highest BCUT2D eigenvalue weighted by Crippen LogP contribution is 2.18. The standard InChI is InChI=1S/C9H10F2O2/c1-6-2-7(5-12)4-8(3-6)13-9(10)11/h2-4,9,12H,5H2,1H3. The summed E-state index contributed by atoms with van der Waals surface area (Å²) in [5.74, 6) is 0.0825. The molecule has 0 atom stereocenters. The molecule has 0 saturated carbocycles. The number of alkyl halides is 2. The van der Waals surface area contributed by atoms with Gasteiger partial charge in [0.15, 0.2) is 0 Å². The molecule has 1 rings (SSSR count). The van der Waals surface area contributed by atoms with Crippen molar-refractivity contribution < 1.29 is 18.6 Å². The Morgan fingerprint density at radius 3 is 2.62 bits per heavy atom. The van der Waals surface area contributed by atoms with Crippen LogP contribution in [-0.2, 0) is 6.61 Å². The Balaban J connectivity index is 2.88. The van der Waals surface area contributed by atoms with Gasteiger partial charge in [-0.15, -0.1) is 0 Å². The van der Waals surface area contributed by atoms with Crippen molar-refractivity contribution in [1.82, 2.24) is 0 Å². The SMILES string of the molecule is Cc1cc(CO)cc(OC(F)F)c1. The highest BCUT2D eigenvalue weighted by atomic mass is 19.3. The Kier molecular flexibility index (Phi) is 3.19. The fourth-order valence-electron chi connectivity index (χ4n) is 1.09. The Morgan fingerprint density at radius 2 is 2.08 bits per heavy atom. The summed E-state index contributed by atoms with van der Waals surface area (Å²) in [7, 11) is 0. The predicted octanol–water partition coefficient (Wildman–Crippen LogP) is 2.09. The van der Waals surface area contributed by atoms with Crippen molar-refractivity contribution in [2.45, 2.75) is 20.1 Å². The van der Waals surface area contributed by atoms with Gasteiger partial charge in [-0.2, -0.15) is 8.78 Å². The molecule has 0 unspecified atom stereocenters. The third kappa shape index (κ3) is 2.99. The van der Waals surface area contributed by atoms with Crippen LogP contribution in [0.1, 0.15) is 11.1 Å². The van der Waals surface area contributed by atoms with Crippen molar-refractivity contribution in [3.8, 4) is 5.75 Å². The van der Waals surface area contributed by atoms with Crippen LogP contribution in [0.15, 0.2) is 18.2 Å². The van der Waals surface area contributed by atoms with E-state index in [1.807, 2.05) is 0 Å². The minimum Gasteiger partial charge on any atom is -0.435 e. The molecular formula is C9H10F2O2. The maximum Gasteiger partial charge on any atom is 0.387 e. The molecule has 0 amide bonds. The molecule has 0 bridgehead atoms. The first kappa shape index (κ1) is 9.92. The second-order valence-electron chi connectivity index (χ2n) is 2.69. The van der Waals surface area contributed by atoms with E-state index in [0.29, 0.717) is 5.56 Å². The summed E-state index contributed by atoms with van der Waals surface area (Å²) in [5, 5.41) is 8.78. The molecule has 0 saturated heterocycles. The molecule has 2 nitrogen and oxygen atoms in total. The summed E-state index contributed by atoms with van der Waals surface area (Å²) >= 11 is 0. The first-order chi connectivity index (χ1) is 6.11. The summed E-state index contributed by atoms with van der Waals surface area (Å²) in [6, 6.07) is 4.59. The van der Waals surface area contributed by atoms with Gasteiger partial charge in [-0.25, -0.2) is 0 Å². The lowest BCUT2D eigenvalue weighted by atomic mass is 10.1. The quantitative estimate of drug-likeness (QED) is 0.786. The molecule has 0 aliphatic carbocycles. The van der Waals surface area contributed by atoms with E-state index >= 15 is 0 Å². The number of hydrogen-bond donors (Lipinski definition) is 1. The van der Waals surface area contributed by atoms with Gasteiger partial charge in [-0.3, -0.25) is 0 Å². The number of rotatable bonds is 3. The molecule has 0 aliphatic rings. The molecule has 0 heterocycles. The van der Waals surface area contributed by atoms with Crippen molar-refractivity contribution in [1.29, 1.82) is 0 Å². The molecule has 4 heteroatoms. The molecule has 0 fully saturated rings. The van der Waals surface area contributed by atoms with Crippen LogP contribution in [0, 0.1) is 6.92 Å². The van der Waals surface area contributed by atoms with E-state index in [4.69, 9.17) is 5.11 Å². The first-order valence-corrected chi connectivity index (χ1v) is 3.78. The van der Waals surface area contributed by atoms with Gasteiger partial charge in [0.1, 0.15) is 5.75 Å². The zero-order valence-corrected chi connectivity index (χ0v) is 7.13. The van der Waals surface area contributed by atoms with Crippen LogP contribution in [0.2, 0.25) is 0 Å². The first-order valence-electron chi connectivity index (χ1n) is 3.78. The number of benzene rings is 1. The summed E-state index contributed by atoms with van der Waals surface area (Å²) in [6.07, 6.45) is 0. The summed E-state index contributed by atoms with van der Waals surface area (Å²) < 4.78 is 27.8. The fourth-order valence-corrected chi connectivity index (χ4v) is 1.09. The van der Waals surface area contributed by atoms with E-state index < -0.39 is 6.61 Å². The second-order valence-corrected chi connectivity index (χ2v) is 2.69. The van der Waals surface area contributed by atoms with Gasteiger partial charge in [0.05, 0.1) is 6.61 Å². The average molecular weight is 188 g/mol. The van der Waals surface area contributed by atoms with Gasteiger partial charge < -0.3 is 9.84 Å². The van der Waals surface area contributed by atoms with Gasteiger partial charge in [-0.05, 0) is 30.2 Å². The number of ether oxygens (including phenoxy) is 1. The van der Waals surface area contributed by atoms with Crippen LogP contribution in [-0.4, -0.2) is 11.7 Å². The lowest BCUT2D eigenvalue weighted by Gasteiger charge is -2.06. The lowest BCUT2D eigenvalue weighted by molar-refractivity contribution is -0.0499. The summed E-state index contributed by atoms with van der Waals surface area (Å²) in [4.78, 5) is 0.